The smallest absolute Gasteiger partial charge is 0.319 e. The highest BCUT2D eigenvalue weighted by atomic mass is 35.5. The van der Waals surface area contributed by atoms with Gasteiger partial charge in [0.05, 0.1) is 24.3 Å². The molecule has 3 rings (SSSR count). The summed E-state index contributed by atoms with van der Waals surface area (Å²) in [4.78, 5) is 24.3. The van der Waals surface area contributed by atoms with E-state index in [-0.39, 0.29) is 24.3 Å². The van der Waals surface area contributed by atoms with Crippen LogP contribution in [0, 0.1) is 5.82 Å². The molecular formula is C22H25ClFN3O4. The molecule has 0 aliphatic carbocycles. The summed E-state index contributed by atoms with van der Waals surface area (Å²) in [6.07, 6.45) is 1.04. The minimum atomic E-state index is -0.569. The van der Waals surface area contributed by atoms with E-state index < -0.39 is 23.9 Å². The van der Waals surface area contributed by atoms with Gasteiger partial charge < -0.3 is 25.8 Å². The number of ether oxygens (including phenoxy) is 1. The fourth-order valence-electron chi connectivity index (χ4n) is 3.47. The number of nitrogens with one attached hydrogen (secondary N) is 3. The summed E-state index contributed by atoms with van der Waals surface area (Å²) in [5.41, 5.74) is 0.596. The van der Waals surface area contributed by atoms with Gasteiger partial charge in [0.2, 0.25) is 0 Å². The molecule has 4 N–H and O–H groups in total. The Morgan fingerprint density at radius 2 is 1.87 bits per heavy atom. The number of carbonyl (C=O) groups is 2. The zero-order valence-corrected chi connectivity index (χ0v) is 17.6. The number of amides is 3. The standard InChI is InChI=1S/C22H25ClFN3O4/c23-14-5-7-15(8-6-14)26-22(30)27-19-10-9-16(31-20(19)13-28)11-12-25-21(29)17-3-1-2-4-18(17)24/h1-8,16,19-20,28H,9-13H2,(H,25,29)(H2,26,27,30)/t16-,19-,20+/m0/s1. The van der Waals surface area contributed by atoms with Gasteiger partial charge in [-0.1, -0.05) is 23.7 Å². The van der Waals surface area contributed by atoms with Gasteiger partial charge in [-0.25, -0.2) is 9.18 Å². The van der Waals surface area contributed by atoms with Crippen LogP contribution in [0.4, 0.5) is 14.9 Å². The number of hydrogen-bond acceptors (Lipinski definition) is 4. The van der Waals surface area contributed by atoms with Crippen LogP contribution >= 0.6 is 11.6 Å². The van der Waals surface area contributed by atoms with Gasteiger partial charge in [-0.2, -0.15) is 0 Å². The minimum absolute atomic E-state index is 0.00346. The van der Waals surface area contributed by atoms with Crippen LogP contribution in [-0.4, -0.2) is 48.4 Å². The van der Waals surface area contributed by atoms with Crippen molar-refractivity contribution in [2.24, 2.45) is 0 Å². The molecule has 3 atom stereocenters. The van der Waals surface area contributed by atoms with E-state index in [1.54, 1.807) is 30.3 Å². The van der Waals surface area contributed by atoms with E-state index in [1.807, 2.05) is 0 Å². The summed E-state index contributed by atoms with van der Waals surface area (Å²) in [6, 6.07) is 11.8. The summed E-state index contributed by atoms with van der Waals surface area (Å²) in [6.45, 7) is 0.0646. The molecule has 3 amide bonds. The maximum atomic E-state index is 13.7. The van der Waals surface area contributed by atoms with Crippen molar-refractivity contribution in [2.75, 3.05) is 18.5 Å². The van der Waals surface area contributed by atoms with E-state index in [4.69, 9.17) is 16.3 Å². The number of aliphatic hydroxyl groups excluding tert-OH is 1. The maximum Gasteiger partial charge on any atom is 0.319 e. The Labute approximate surface area is 184 Å². The molecule has 0 spiro atoms. The lowest BCUT2D eigenvalue weighted by molar-refractivity contribution is -0.0886. The fraction of sp³-hybridized carbons (Fsp3) is 0.364. The fourth-order valence-corrected chi connectivity index (χ4v) is 3.59. The molecule has 1 aliphatic rings. The molecule has 0 aromatic heterocycles. The molecule has 2 aromatic rings. The van der Waals surface area contributed by atoms with Crippen LogP contribution < -0.4 is 16.0 Å². The molecule has 1 aliphatic heterocycles. The summed E-state index contributed by atoms with van der Waals surface area (Å²) in [5.74, 6) is -1.05. The molecule has 0 bridgehead atoms. The van der Waals surface area contributed by atoms with Crippen LogP contribution in [0.2, 0.25) is 5.02 Å². The quantitative estimate of drug-likeness (QED) is 0.521. The summed E-state index contributed by atoms with van der Waals surface area (Å²) in [7, 11) is 0. The van der Waals surface area contributed by atoms with E-state index in [0.717, 1.165) is 0 Å². The molecule has 1 saturated heterocycles. The average molecular weight is 450 g/mol. The van der Waals surface area contributed by atoms with Crippen molar-refractivity contribution in [3.63, 3.8) is 0 Å². The average Bonchev–Trinajstić information content (AvgIpc) is 2.76. The number of urea groups is 1. The first-order valence-corrected chi connectivity index (χ1v) is 10.5. The lowest BCUT2D eigenvalue weighted by Gasteiger charge is -2.36. The second-order valence-electron chi connectivity index (χ2n) is 7.29. The van der Waals surface area contributed by atoms with E-state index in [1.165, 1.54) is 18.2 Å². The monoisotopic (exact) mass is 449 g/mol. The lowest BCUT2D eigenvalue weighted by atomic mass is 9.97. The number of anilines is 1. The first-order valence-electron chi connectivity index (χ1n) is 10.1. The number of rotatable bonds is 7. The SMILES string of the molecule is O=C(Nc1ccc(Cl)cc1)N[C@H]1CC[C@@H](CCNC(=O)c2ccccc2F)O[C@@H]1CO. The zero-order valence-electron chi connectivity index (χ0n) is 16.8. The van der Waals surface area contributed by atoms with Gasteiger partial charge in [0.1, 0.15) is 11.9 Å². The summed E-state index contributed by atoms with van der Waals surface area (Å²) in [5, 5.41) is 18.5. The molecule has 0 saturated carbocycles. The van der Waals surface area contributed by atoms with Crippen LogP contribution in [-0.2, 0) is 4.74 Å². The van der Waals surface area contributed by atoms with Gasteiger partial charge in [0.15, 0.2) is 0 Å². The van der Waals surface area contributed by atoms with Gasteiger partial charge in [0, 0.05) is 17.3 Å². The highest BCUT2D eigenvalue weighted by Crippen LogP contribution is 2.22. The van der Waals surface area contributed by atoms with Gasteiger partial charge >= 0.3 is 6.03 Å². The molecule has 9 heteroatoms. The second kappa shape index (κ2) is 11.1. The van der Waals surface area contributed by atoms with Crippen LogP contribution in [0.15, 0.2) is 48.5 Å². The van der Waals surface area contributed by atoms with Crippen LogP contribution in [0.25, 0.3) is 0 Å². The summed E-state index contributed by atoms with van der Waals surface area (Å²) < 4.78 is 19.6. The van der Waals surface area contributed by atoms with Gasteiger partial charge in [0.25, 0.3) is 5.91 Å². The molecule has 7 nitrogen and oxygen atoms in total. The van der Waals surface area contributed by atoms with Crippen LogP contribution in [0.3, 0.4) is 0 Å². The zero-order chi connectivity index (χ0) is 22.2. The topological polar surface area (TPSA) is 99.7 Å². The Morgan fingerprint density at radius 3 is 2.58 bits per heavy atom. The number of hydrogen-bond donors (Lipinski definition) is 4. The van der Waals surface area contributed by atoms with Crippen molar-refractivity contribution in [1.29, 1.82) is 0 Å². The predicted molar refractivity (Wildman–Crippen MR) is 116 cm³/mol. The number of carbonyl (C=O) groups excluding carboxylic acids is 2. The highest BCUT2D eigenvalue weighted by molar-refractivity contribution is 6.30. The largest absolute Gasteiger partial charge is 0.394 e. The number of halogens is 2. The third-order valence-electron chi connectivity index (χ3n) is 5.08. The minimum Gasteiger partial charge on any atom is -0.394 e. The Kier molecular flexibility index (Phi) is 8.22. The maximum absolute atomic E-state index is 13.7. The molecule has 2 aromatic carbocycles. The summed E-state index contributed by atoms with van der Waals surface area (Å²) >= 11 is 5.83. The molecular weight excluding hydrogens is 425 g/mol. The first-order chi connectivity index (χ1) is 15.0. The van der Waals surface area contributed by atoms with E-state index in [9.17, 15) is 19.1 Å². The molecule has 1 fully saturated rings. The normalized spacial score (nSPS) is 20.7. The van der Waals surface area contributed by atoms with E-state index >= 15 is 0 Å². The van der Waals surface area contributed by atoms with Crippen molar-refractivity contribution in [1.82, 2.24) is 10.6 Å². The lowest BCUT2D eigenvalue weighted by Crippen LogP contribution is -2.52. The van der Waals surface area contributed by atoms with Crippen molar-refractivity contribution in [3.8, 4) is 0 Å². The Hall–Kier alpha value is -2.68. The Morgan fingerprint density at radius 1 is 1.13 bits per heavy atom. The molecule has 166 valence electrons. The number of benzene rings is 2. The third kappa shape index (κ3) is 6.65. The number of aliphatic hydroxyl groups is 1. The van der Waals surface area contributed by atoms with Crippen molar-refractivity contribution in [3.05, 3.63) is 64.9 Å². The molecule has 1 heterocycles. The first kappa shape index (κ1) is 23.0. The van der Waals surface area contributed by atoms with Crippen molar-refractivity contribution >= 4 is 29.2 Å². The van der Waals surface area contributed by atoms with Gasteiger partial charge in [-0.3, -0.25) is 4.79 Å². The Balaban J connectivity index is 1.43. The highest BCUT2D eigenvalue weighted by Gasteiger charge is 2.31. The van der Waals surface area contributed by atoms with Gasteiger partial charge in [-0.05, 0) is 55.7 Å². The van der Waals surface area contributed by atoms with Crippen LogP contribution in [0.5, 0.6) is 0 Å². The molecule has 0 unspecified atom stereocenters. The molecule has 0 radical (unpaired) electrons. The third-order valence-corrected chi connectivity index (χ3v) is 5.34. The Bertz CT molecular complexity index is 897. The second-order valence-corrected chi connectivity index (χ2v) is 7.73. The van der Waals surface area contributed by atoms with Gasteiger partial charge in [-0.15, -0.1) is 0 Å². The van der Waals surface area contributed by atoms with E-state index in [2.05, 4.69) is 16.0 Å². The van der Waals surface area contributed by atoms with E-state index in [0.29, 0.717) is 36.5 Å². The van der Waals surface area contributed by atoms with Crippen LogP contribution in [0.1, 0.15) is 29.6 Å². The van der Waals surface area contributed by atoms with Crippen molar-refractivity contribution in [2.45, 2.75) is 37.5 Å². The molecule has 31 heavy (non-hydrogen) atoms. The predicted octanol–water partition coefficient (Wildman–Crippen LogP) is 3.33. The van der Waals surface area contributed by atoms with Crippen molar-refractivity contribution < 1.29 is 23.8 Å².